The fourth-order valence-electron chi connectivity index (χ4n) is 1.16. The minimum Gasteiger partial charge on any atom is -0.252 e. The number of anilines is 1. The third-order valence-corrected chi connectivity index (χ3v) is 2.60. The van der Waals surface area contributed by atoms with Crippen molar-refractivity contribution in [2.75, 3.05) is 11.6 Å². The van der Waals surface area contributed by atoms with Crippen LogP contribution >= 0.6 is 22.6 Å². The maximum atomic E-state index is 4.41. The molecule has 1 aromatic rings. The average Bonchev–Trinajstić information content (AvgIpc) is 2.22. The summed E-state index contributed by atoms with van der Waals surface area (Å²) in [4.78, 5) is 8.72. The van der Waals surface area contributed by atoms with Crippen molar-refractivity contribution in [2.24, 2.45) is 5.10 Å². The van der Waals surface area contributed by atoms with Gasteiger partial charge in [0.1, 0.15) is 0 Å². The van der Waals surface area contributed by atoms with Crippen molar-refractivity contribution in [3.05, 3.63) is 17.6 Å². The number of hydrogen-bond donors (Lipinski definition) is 0. The monoisotopic (exact) mass is 304 g/mol. The predicted molar refractivity (Wildman–Crippen MR) is 67.1 cm³/mol. The van der Waals surface area contributed by atoms with Crippen LogP contribution in [0.15, 0.2) is 11.3 Å². The molecule has 0 aliphatic carbocycles. The van der Waals surface area contributed by atoms with Crippen molar-refractivity contribution in [3.63, 3.8) is 0 Å². The molecule has 4 nitrogen and oxygen atoms in total. The Hall–Kier alpha value is -0.720. The van der Waals surface area contributed by atoms with Gasteiger partial charge in [-0.25, -0.2) is 9.99 Å². The number of nitrogens with zero attached hydrogens (tertiary/aromatic N) is 4. The number of hydrazone groups is 1. The average molecular weight is 304 g/mol. The van der Waals surface area contributed by atoms with Gasteiger partial charge in [0.2, 0.25) is 0 Å². The molecule has 76 valence electrons. The van der Waals surface area contributed by atoms with E-state index in [1.807, 2.05) is 13.8 Å². The van der Waals surface area contributed by atoms with Gasteiger partial charge < -0.3 is 0 Å². The Morgan fingerprint density at radius 2 is 2.36 bits per heavy atom. The van der Waals surface area contributed by atoms with Crippen LogP contribution in [0.5, 0.6) is 0 Å². The van der Waals surface area contributed by atoms with Crippen molar-refractivity contribution in [3.8, 4) is 0 Å². The van der Waals surface area contributed by atoms with E-state index >= 15 is 0 Å². The molecule has 0 N–H and O–H groups in total. The molecule has 0 bridgehead atoms. The summed E-state index contributed by atoms with van der Waals surface area (Å²) in [6.07, 6.45) is 1.78. The molecule has 0 amide bonds. The second kappa shape index (κ2) is 5.23. The predicted octanol–water partition coefficient (Wildman–Crippen LogP) is 2.16. The topological polar surface area (TPSA) is 41.4 Å². The third kappa shape index (κ3) is 2.40. The van der Waals surface area contributed by atoms with Crippen LogP contribution in [0.25, 0.3) is 0 Å². The van der Waals surface area contributed by atoms with Crippen LogP contribution in [-0.2, 0) is 4.43 Å². The van der Waals surface area contributed by atoms with Crippen LogP contribution in [0.3, 0.4) is 0 Å². The fraction of sp³-hybridized carbons (Fsp3) is 0.444. The number of aromatic nitrogens is 2. The number of halogens is 1. The standard InChI is InChI=1S/C9H13IN4/c1-4-14(11-3)9-7(2)13-8(5-10)6-12-9/h6H,3-5H2,1-2H3. The zero-order valence-electron chi connectivity index (χ0n) is 8.37. The first-order valence-corrected chi connectivity index (χ1v) is 5.88. The van der Waals surface area contributed by atoms with E-state index in [1.54, 1.807) is 11.2 Å². The van der Waals surface area contributed by atoms with E-state index in [4.69, 9.17) is 0 Å². The molecule has 0 fully saturated rings. The van der Waals surface area contributed by atoms with Crippen LogP contribution in [-0.4, -0.2) is 23.2 Å². The molecule has 5 heteroatoms. The van der Waals surface area contributed by atoms with Gasteiger partial charge in [-0.05, 0) is 13.8 Å². The van der Waals surface area contributed by atoms with Gasteiger partial charge in [0.15, 0.2) is 5.82 Å². The van der Waals surface area contributed by atoms with E-state index in [2.05, 4.69) is 44.4 Å². The van der Waals surface area contributed by atoms with Crippen LogP contribution < -0.4 is 5.01 Å². The second-order valence-corrected chi connectivity index (χ2v) is 3.52. The molecule has 1 aromatic heterocycles. The largest absolute Gasteiger partial charge is 0.252 e. The summed E-state index contributed by atoms with van der Waals surface area (Å²) >= 11 is 2.27. The van der Waals surface area contributed by atoms with Crippen molar-refractivity contribution in [1.29, 1.82) is 0 Å². The SMILES string of the molecule is C=NN(CC)c1ncc(CI)nc1C. The third-order valence-electron chi connectivity index (χ3n) is 1.82. The number of aryl methyl sites for hydroxylation is 1. The lowest BCUT2D eigenvalue weighted by atomic mass is 10.4. The van der Waals surface area contributed by atoms with Crippen molar-refractivity contribution < 1.29 is 0 Å². The summed E-state index contributed by atoms with van der Waals surface area (Å²) in [5.41, 5.74) is 1.89. The lowest BCUT2D eigenvalue weighted by Crippen LogP contribution is -2.18. The normalized spacial score (nSPS) is 9.93. The first-order valence-electron chi connectivity index (χ1n) is 4.35. The molecule has 0 unspecified atom stereocenters. The van der Waals surface area contributed by atoms with Crippen molar-refractivity contribution in [2.45, 2.75) is 18.3 Å². The molecule has 0 saturated heterocycles. The Morgan fingerprint density at radius 1 is 1.64 bits per heavy atom. The van der Waals surface area contributed by atoms with Gasteiger partial charge in [0.25, 0.3) is 0 Å². The van der Waals surface area contributed by atoms with Gasteiger partial charge >= 0.3 is 0 Å². The Morgan fingerprint density at radius 3 is 2.79 bits per heavy atom. The van der Waals surface area contributed by atoms with Gasteiger partial charge in [0.05, 0.1) is 17.6 Å². The van der Waals surface area contributed by atoms with E-state index in [0.29, 0.717) is 0 Å². The van der Waals surface area contributed by atoms with Crippen LogP contribution in [0, 0.1) is 6.92 Å². The Bertz CT molecular complexity index is 327. The molecular weight excluding hydrogens is 291 g/mol. The Kier molecular flexibility index (Phi) is 4.24. The Balaban J connectivity index is 3.04. The number of rotatable bonds is 4. The summed E-state index contributed by atoms with van der Waals surface area (Å²) in [5.74, 6) is 0.788. The highest BCUT2D eigenvalue weighted by atomic mass is 127. The minimum absolute atomic E-state index is 0.753. The highest BCUT2D eigenvalue weighted by molar-refractivity contribution is 14.1. The lowest BCUT2D eigenvalue weighted by molar-refractivity contribution is 0.852. The molecule has 0 aliphatic rings. The molecular formula is C9H13IN4. The maximum Gasteiger partial charge on any atom is 0.170 e. The zero-order valence-corrected chi connectivity index (χ0v) is 10.5. The van der Waals surface area contributed by atoms with E-state index in [1.165, 1.54) is 0 Å². The number of hydrogen-bond acceptors (Lipinski definition) is 4. The molecule has 0 aromatic carbocycles. The molecule has 0 radical (unpaired) electrons. The summed E-state index contributed by atoms with van der Waals surface area (Å²) < 4.78 is 0.875. The Labute approximate surface area is 97.6 Å². The first kappa shape index (κ1) is 11.4. The van der Waals surface area contributed by atoms with E-state index in [-0.39, 0.29) is 0 Å². The van der Waals surface area contributed by atoms with Crippen molar-refractivity contribution in [1.82, 2.24) is 9.97 Å². The maximum absolute atomic E-state index is 4.41. The van der Waals surface area contributed by atoms with Gasteiger partial charge in [-0.1, -0.05) is 22.6 Å². The van der Waals surface area contributed by atoms with Gasteiger partial charge in [0, 0.05) is 17.7 Å². The van der Waals surface area contributed by atoms with Gasteiger partial charge in [-0.2, -0.15) is 5.10 Å². The van der Waals surface area contributed by atoms with Gasteiger partial charge in [-0.3, -0.25) is 4.98 Å². The van der Waals surface area contributed by atoms with Crippen LogP contribution in [0.4, 0.5) is 5.82 Å². The smallest absolute Gasteiger partial charge is 0.170 e. The highest BCUT2D eigenvalue weighted by Crippen LogP contribution is 2.15. The van der Waals surface area contributed by atoms with E-state index < -0.39 is 0 Å². The number of alkyl halides is 1. The van der Waals surface area contributed by atoms with Gasteiger partial charge in [-0.15, -0.1) is 0 Å². The second-order valence-electron chi connectivity index (χ2n) is 2.76. The summed E-state index contributed by atoms with van der Waals surface area (Å²) in [7, 11) is 0. The summed E-state index contributed by atoms with van der Waals surface area (Å²) in [6, 6.07) is 0. The first-order chi connectivity index (χ1) is 6.72. The molecule has 14 heavy (non-hydrogen) atoms. The highest BCUT2D eigenvalue weighted by Gasteiger charge is 2.08. The van der Waals surface area contributed by atoms with Crippen molar-refractivity contribution >= 4 is 35.1 Å². The zero-order chi connectivity index (χ0) is 10.6. The summed E-state index contributed by atoms with van der Waals surface area (Å²) in [6.45, 7) is 8.19. The molecule has 1 rings (SSSR count). The molecule has 1 heterocycles. The van der Waals surface area contributed by atoms with E-state index in [0.717, 1.165) is 28.2 Å². The minimum atomic E-state index is 0.753. The fourth-order valence-corrected chi connectivity index (χ4v) is 1.53. The lowest BCUT2D eigenvalue weighted by Gasteiger charge is -2.16. The molecule has 0 spiro atoms. The van der Waals surface area contributed by atoms with Crippen LogP contribution in [0.2, 0.25) is 0 Å². The molecule has 0 saturated carbocycles. The van der Waals surface area contributed by atoms with Crippen LogP contribution in [0.1, 0.15) is 18.3 Å². The molecule has 0 aliphatic heterocycles. The molecule has 0 atom stereocenters. The quantitative estimate of drug-likeness (QED) is 0.370. The van der Waals surface area contributed by atoms with E-state index in [9.17, 15) is 0 Å². The summed E-state index contributed by atoms with van der Waals surface area (Å²) in [5, 5.41) is 5.61.